The quantitative estimate of drug-likeness (QED) is 0.718. The van der Waals surface area contributed by atoms with Crippen LogP contribution in [0.15, 0.2) is 9.59 Å². The van der Waals surface area contributed by atoms with Gasteiger partial charge in [0, 0.05) is 19.1 Å². The molecule has 1 aromatic heterocycles. The molecule has 112 valence electrons. The molecule has 0 saturated carbocycles. The molecule has 1 aliphatic rings. The van der Waals surface area contributed by atoms with Crippen LogP contribution in [0.1, 0.15) is 20.3 Å². The molecule has 2 unspecified atom stereocenters. The van der Waals surface area contributed by atoms with Gasteiger partial charge < -0.3 is 16.0 Å². The second kappa shape index (κ2) is 5.70. The number of aromatic nitrogens is 2. The summed E-state index contributed by atoms with van der Waals surface area (Å²) in [6.45, 7) is 6.35. The van der Waals surface area contributed by atoms with Crippen molar-refractivity contribution in [1.29, 1.82) is 0 Å². The number of piperidine rings is 1. The van der Waals surface area contributed by atoms with E-state index in [-0.39, 0.29) is 11.9 Å². The first-order chi connectivity index (χ1) is 9.43. The number of anilines is 2. The highest BCUT2D eigenvalue weighted by atomic mass is 16.2. The van der Waals surface area contributed by atoms with Gasteiger partial charge in [0.05, 0.1) is 0 Å². The zero-order valence-corrected chi connectivity index (χ0v) is 12.3. The van der Waals surface area contributed by atoms with E-state index in [1.807, 2.05) is 6.92 Å². The summed E-state index contributed by atoms with van der Waals surface area (Å²) >= 11 is 0. The summed E-state index contributed by atoms with van der Waals surface area (Å²) in [7, 11) is 2.09. The minimum Gasteiger partial charge on any atom is -0.383 e. The van der Waals surface area contributed by atoms with Crippen LogP contribution in [0.5, 0.6) is 0 Å². The summed E-state index contributed by atoms with van der Waals surface area (Å²) < 4.78 is 1.36. The lowest BCUT2D eigenvalue weighted by Crippen LogP contribution is -2.45. The van der Waals surface area contributed by atoms with Crippen molar-refractivity contribution in [3.05, 3.63) is 20.8 Å². The molecule has 1 aliphatic heterocycles. The van der Waals surface area contributed by atoms with Gasteiger partial charge >= 0.3 is 5.69 Å². The Kier molecular flexibility index (Phi) is 4.17. The number of H-pyrrole nitrogens is 1. The molecule has 2 heterocycles. The van der Waals surface area contributed by atoms with Crippen LogP contribution < -0.4 is 22.3 Å². The summed E-state index contributed by atoms with van der Waals surface area (Å²) in [5.41, 5.74) is 5.37. The van der Waals surface area contributed by atoms with Crippen LogP contribution in [0.3, 0.4) is 0 Å². The number of nitrogens with one attached hydrogen (secondary N) is 2. The first-order valence-electron chi connectivity index (χ1n) is 7.01. The Morgan fingerprint density at radius 1 is 1.45 bits per heavy atom. The molecule has 0 aliphatic carbocycles. The largest absolute Gasteiger partial charge is 0.383 e. The number of hydrogen-bond donors (Lipinski definition) is 3. The molecule has 2 atom stereocenters. The van der Waals surface area contributed by atoms with Gasteiger partial charge in [0.25, 0.3) is 5.56 Å². The van der Waals surface area contributed by atoms with Gasteiger partial charge in [-0.3, -0.25) is 14.3 Å². The predicted octanol–water partition coefficient (Wildman–Crippen LogP) is -0.109. The Morgan fingerprint density at radius 2 is 2.15 bits per heavy atom. The topological polar surface area (TPSA) is 96.2 Å². The number of rotatable bonds is 3. The molecule has 0 aromatic carbocycles. The first-order valence-corrected chi connectivity index (χ1v) is 7.01. The molecule has 1 aromatic rings. The van der Waals surface area contributed by atoms with Crippen molar-refractivity contribution in [3.63, 3.8) is 0 Å². The predicted molar refractivity (Wildman–Crippen MR) is 80.1 cm³/mol. The van der Waals surface area contributed by atoms with E-state index in [0.29, 0.717) is 18.2 Å². The highest BCUT2D eigenvalue weighted by Gasteiger charge is 2.25. The van der Waals surface area contributed by atoms with Gasteiger partial charge in [-0.1, -0.05) is 6.92 Å². The van der Waals surface area contributed by atoms with Gasteiger partial charge in [-0.05, 0) is 32.9 Å². The maximum absolute atomic E-state index is 12.0. The lowest BCUT2D eigenvalue weighted by Gasteiger charge is -2.35. The van der Waals surface area contributed by atoms with Crippen molar-refractivity contribution in [2.24, 2.45) is 5.92 Å². The lowest BCUT2D eigenvalue weighted by molar-refractivity contribution is 0.206. The Hall–Kier alpha value is -1.76. The molecule has 0 radical (unpaired) electrons. The third-order valence-electron chi connectivity index (χ3n) is 3.99. The number of nitrogens with two attached hydrogens (primary N) is 1. The van der Waals surface area contributed by atoms with Crippen LogP contribution >= 0.6 is 0 Å². The second-order valence-electron chi connectivity index (χ2n) is 5.54. The molecular formula is C13H23N5O2. The molecule has 2 rings (SSSR count). The summed E-state index contributed by atoms with van der Waals surface area (Å²) in [5, 5.41) is 3.23. The fourth-order valence-electron chi connectivity index (χ4n) is 2.80. The normalized spacial score (nSPS) is 23.8. The summed E-state index contributed by atoms with van der Waals surface area (Å²) in [4.78, 5) is 28.2. The number of likely N-dealkylation sites (tertiary alicyclic amines) is 1. The van der Waals surface area contributed by atoms with Crippen molar-refractivity contribution in [1.82, 2.24) is 14.5 Å². The fraction of sp³-hybridized carbons (Fsp3) is 0.692. The average Bonchev–Trinajstić information content (AvgIpc) is 2.37. The highest BCUT2D eigenvalue weighted by Crippen LogP contribution is 2.21. The van der Waals surface area contributed by atoms with Gasteiger partial charge in [-0.2, -0.15) is 0 Å². The number of nitrogens with zero attached hydrogens (tertiary/aromatic N) is 2. The Balaban J connectivity index is 2.30. The third-order valence-corrected chi connectivity index (χ3v) is 3.99. The van der Waals surface area contributed by atoms with E-state index in [1.54, 1.807) is 0 Å². The van der Waals surface area contributed by atoms with Crippen molar-refractivity contribution < 1.29 is 0 Å². The van der Waals surface area contributed by atoms with E-state index >= 15 is 0 Å². The van der Waals surface area contributed by atoms with Gasteiger partial charge in [-0.15, -0.1) is 0 Å². The van der Waals surface area contributed by atoms with Crippen molar-refractivity contribution in [3.8, 4) is 0 Å². The van der Waals surface area contributed by atoms with Crippen LogP contribution in [0.2, 0.25) is 0 Å². The van der Waals surface area contributed by atoms with E-state index in [9.17, 15) is 9.59 Å². The second-order valence-corrected chi connectivity index (χ2v) is 5.54. The van der Waals surface area contributed by atoms with E-state index in [2.05, 4.69) is 29.2 Å². The van der Waals surface area contributed by atoms with Gasteiger partial charge in [0.2, 0.25) is 0 Å². The number of nitrogen functional groups attached to an aromatic ring is 1. The molecule has 1 fully saturated rings. The van der Waals surface area contributed by atoms with Gasteiger partial charge in [0.1, 0.15) is 11.5 Å². The molecular weight excluding hydrogens is 258 g/mol. The third kappa shape index (κ3) is 2.72. The van der Waals surface area contributed by atoms with Crippen molar-refractivity contribution >= 4 is 11.5 Å². The average molecular weight is 281 g/mol. The van der Waals surface area contributed by atoms with Gasteiger partial charge in [-0.25, -0.2) is 4.79 Å². The fourth-order valence-corrected chi connectivity index (χ4v) is 2.80. The maximum Gasteiger partial charge on any atom is 0.330 e. The Labute approximate surface area is 117 Å². The summed E-state index contributed by atoms with van der Waals surface area (Å²) in [6.07, 6.45) is 0.946. The summed E-state index contributed by atoms with van der Waals surface area (Å²) in [6, 6.07) is 0.192. The zero-order chi connectivity index (χ0) is 14.9. The Morgan fingerprint density at radius 3 is 2.75 bits per heavy atom. The number of aromatic amines is 1. The zero-order valence-electron chi connectivity index (χ0n) is 12.3. The monoisotopic (exact) mass is 281 g/mol. The van der Waals surface area contributed by atoms with Crippen LogP contribution in [-0.2, 0) is 6.54 Å². The van der Waals surface area contributed by atoms with Crippen LogP contribution in [0.4, 0.5) is 11.5 Å². The molecule has 20 heavy (non-hydrogen) atoms. The van der Waals surface area contributed by atoms with Crippen molar-refractivity contribution in [2.75, 3.05) is 31.2 Å². The standard InChI is InChI=1S/C13H23N5O2/c1-4-18-11(14)10(12(19)16-13(18)20)15-9-5-6-17(3)7-8(9)2/h8-9,15H,4-7,14H2,1-3H3,(H,16,19,20). The van der Waals surface area contributed by atoms with Gasteiger partial charge in [0.15, 0.2) is 0 Å². The first kappa shape index (κ1) is 14.6. The molecule has 1 saturated heterocycles. The molecule has 4 N–H and O–H groups in total. The Bertz CT molecular complexity index is 591. The number of hydrogen-bond acceptors (Lipinski definition) is 5. The minimum absolute atomic E-state index is 0.192. The summed E-state index contributed by atoms with van der Waals surface area (Å²) in [5.74, 6) is 0.627. The molecule has 0 amide bonds. The van der Waals surface area contributed by atoms with E-state index in [0.717, 1.165) is 19.5 Å². The highest BCUT2D eigenvalue weighted by molar-refractivity contribution is 5.61. The smallest absolute Gasteiger partial charge is 0.330 e. The maximum atomic E-state index is 12.0. The lowest BCUT2D eigenvalue weighted by atomic mass is 9.94. The molecule has 0 spiro atoms. The van der Waals surface area contributed by atoms with Crippen molar-refractivity contribution in [2.45, 2.75) is 32.9 Å². The molecule has 7 nitrogen and oxygen atoms in total. The van der Waals surface area contributed by atoms with Crippen LogP contribution in [0.25, 0.3) is 0 Å². The minimum atomic E-state index is -0.461. The molecule has 7 heteroatoms. The van der Waals surface area contributed by atoms with Crippen LogP contribution in [0, 0.1) is 5.92 Å². The van der Waals surface area contributed by atoms with E-state index < -0.39 is 11.2 Å². The SMILES string of the molecule is CCn1c(N)c(NC2CCN(C)CC2C)c(=O)[nH]c1=O. The van der Waals surface area contributed by atoms with Crippen LogP contribution in [-0.4, -0.2) is 40.6 Å². The van der Waals surface area contributed by atoms with E-state index in [4.69, 9.17) is 5.73 Å². The van der Waals surface area contributed by atoms with E-state index in [1.165, 1.54) is 4.57 Å². The molecule has 0 bridgehead atoms.